The van der Waals surface area contributed by atoms with Crippen molar-refractivity contribution < 1.29 is 33.4 Å². The fraction of sp³-hybridized carbons (Fsp3) is 0.0870. The highest BCUT2D eigenvalue weighted by Gasteiger charge is 2.20. The molecule has 0 spiro atoms. The van der Waals surface area contributed by atoms with Gasteiger partial charge in [-0.15, -0.1) is 0 Å². The first kappa shape index (κ1) is 22.3. The summed E-state index contributed by atoms with van der Waals surface area (Å²) in [4.78, 5) is 36.6. The van der Waals surface area contributed by atoms with Crippen molar-refractivity contribution in [2.45, 2.75) is 0 Å². The SMILES string of the molecule is COc1cc(NC(=O)c2ccccc2C(=O)O)c(OC)cc1NC(=O)c1cccc(F)c1. The summed E-state index contributed by atoms with van der Waals surface area (Å²) >= 11 is 0. The van der Waals surface area contributed by atoms with E-state index in [0.717, 1.165) is 6.07 Å². The molecule has 0 aliphatic rings. The van der Waals surface area contributed by atoms with E-state index in [9.17, 15) is 23.9 Å². The van der Waals surface area contributed by atoms with Gasteiger partial charge < -0.3 is 25.2 Å². The third-order valence-electron chi connectivity index (χ3n) is 4.51. The van der Waals surface area contributed by atoms with E-state index in [1.807, 2.05) is 0 Å². The Balaban J connectivity index is 1.91. The molecular formula is C23H19FN2O6. The van der Waals surface area contributed by atoms with Crippen LogP contribution in [-0.4, -0.2) is 37.1 Å². The molecule has 32 heavy (non-hydrogen) atoms. The molecule has 0 unspecified atom stereocenters. The average molecular weight is 438 g/mol. The third kappa shape index (κ3) is 4.84. The number of amides is 2. The second kappa shape index (κ2) is 9.61. The van der Waals surface area contributed by atoms with Crippen molar-refractivity contribution in [2.75, 3.05) is 24.9 Å². The highest BCUT2D eigenvalue weighted by molar-refractivity contribution is 6.11. The Hall–Kier alpha value is -4.40. The van der Waals surface area contributed by atoms with Crippen molar-refractivity contribution in [1.82, 2.24) is 0 Å². The standard InChI is InChI=1S/C23H19FN2O6/c1-31-19-12-18(26-22(28)15-8-3-4-9-16(15)23(29)30)20(32-2)11-17(19)25-21(27)13-6-5-7-14(24)10-13/h3-12H,1-2H3,(H,25,27)(H,26,28)(H,29,30). The van der Waals surface area contributed by atoms with Gasteiger partial charge in [-0.05, 0) is 30.3 Å². The van der Waals surface area contributed by atoms with E-state index in [1.165, 1.54) is 62.8 Å². The van der Waals surface area contributed by atoms with Crippen LogP contribution < -0.4 is 20.1 Å². The molecule has 0 radical (unpaired) electrons. The molecule has 0 aromatic heterocycles. The summed E-state index contributed by atoms with van der Waals surface area (Å²) in [5, 5.41) is 14.5. The number of carboxylic acid groups (broad SMARTS) is 1. The Labute approximate surface area is 182 Å². The molecule has 0 fully saturated rings. The largest absolute Gasteiger partial charge is 0.494 e. The van der Waals surface area contributed by atoms with Gasteiger partial charge in [0, 0.05) is 17.7 Å². The summed E-state index contributed by atoms with van der Waals surface area (Å²) in [6.07, 6.45) is 0. The van der Waals surface area contributed by atoms with Crippen molar-refractivity contribution in [3.63, 3.8) is 0 Å². The maximum absolute atomic E-state index is 13.4. The zero-order valence-corrected chi connectivity index (χ0v) is 17.1. The number of hydrogen-bond donors (Lipinski definition) is 3. The van der Waals surface area contributed by atoms with Crippen LogP contribution in [0, 0.1) is 5.82 Å². The van der Waals surface area contributed by atoms with Gasteiger partial charge in [-0.1, -0.05) is 18.2 Å². The van der Waals surface area contributed by atoms with E-state index in [0.29, 0.717) is 0 Å². The van der Waals surface area contributed by atoms with Gasteiger partial charge in [-0.3, -0.25) is 9.59 Å². The van der Waals surface area contributed by atoms with E-state index in [2.05, 4.69) is 10.6 Å². The Morgan fingerprint density at radius 2 is 1.34 bits per heavy atom. The zero-order chi connectivity index (χ0) is 23.3. The van der Waals surface area contributed by atoms with Crippen LogP contribution in [0.5, 0.6) is 11.5 Å². The van der Waals surface area contributed by atoms with E-state index in [1.54, 1.807) is 6.07 Å². The minimum Gasteiger partial charge on any atom is -0.494 e. The maximum atomic E-state index is 13.4. The molecule has 3 aromatic carbocycles. The Kier molecular flexibility index (Phi) is 6.69. The molecule has 0 bridgehead atoms. The van der Waals surface area contributed by atoms with Crippen molar-refractivity contribution in [3.05, 3.63) is 83.2 Å². The molecule has 8 nitrogen and oxygen atoms in total. The number of halogens is 1. The molecule has 2 amide bonds. The highest BCUT2D eigenvalue weighted by atomic mass is 19.1. The number of carbonyl (C=O) groups excluding carboxylic acids is 2. The first-order valence-electron chi connectivity index (χ1n) is 9.30. The molecule has 0 aliphatic carbocycles. The lowest BCUT2D eigenvalue weighted by atomic mass is 10.1. The molecule has 0 atom stereocenters. The number of ether oxygens (including phenoxy) is 2. The quantitative estimate of drug-likeness (QED) is 0.513. The van der Waals surface area contributed by atoms with Gasteiger partial charge >= 0.3 is 5.97 Å². The van der Waals surface area contributed by atoms with Crippen molar-refractivity contribution in [3.8, 4) is 11.5 Å². The normalized spacial score (nSPS) is 10.2. The number of rotatable bonds is 7. The van der Waals surface area contributed by atoms with Gasteiger partial charge in [0.05, 0.1) is 36.7 Å². The van der Waals surface area contributed by atoms with E-state index >= 15 is 0 Å². The molecule has 3 rings (SSSR count). The van der Waals surface area contributed by atoms with Crippen LogP contribution in [0.15, 0.2) is 60.7 Å². The van der Waals surface area contributed by atoms with Crippen LogP contribution in [0.3, 0.4) is 0 Å². The second-order valence-corrected chi connectivity index (χ2v) is 6.52. The fourth-order valence-electron chi connectivity index (χ4n) is 2.97. The summed E-state index contributed by atoms with van der Waals surface area (Å²) in [7, 11) is 2.73. The molecular weight excluding hydrogens is 419 g/mol. The Morgan fingerprint density at radius 1 is 0.781 bits per heavy atom. The highest BCUT2D eigenvalue weighted by Crippen LogP contribution is 2.37. The van der Waals surface area contributed by atoms with Gasteiger partial charge in [0.2, 0.25) is 0 Å². The van der Waals surface area contributed by atoms with Crippen LogP contribution in [-0.2, 0) is 0 Å². The molecule has 3 N–H and O–H groups in total. The molecule has 3 aromatic rings. The van der Waals surface area contributed by atoms with Crippen molar-refractivity contribution in [2.24, 2.45) is 0 Å². The lowest BCUT2D eigenvalue weighted by Crippen LogP contribution is -2.17. The number of hydrogen-bond acceptors (Lipinski definition) is 5. The first-order valence-corrected chi connectivity index (χ1v) is 9.30. The van der Waals surface area contributed by atoms with Gasteiger partial charge in [0.1, 0.15) is 17.3 Å². The maximum Gasteiger partial charge on any atom is 0.336 e. The van der Waals surface area contributed by atoms with Gasteiger partial charge in [-0.25, -0.2) is 9.18 Å². The molecule has 9 heteroatoms. The van der Waals surface area contributed by atoms with Crippen molar-refractivity contribution >= 4 is 29.2 Å². The van der Waals surface area contributed by atoms with Crippen LogP contribution in [0.4, 0.5) is 15.8 Å². The number of carboxylic acids is 1. The van der Waals surface area contributed by atoms with Gasteiger partial charge in [0.15, 0.2) is 0 Å². The number of carbonyl (C=O) groups is 3. The molecule has 0 aliphatic heterocycles. The van der Waals surface area contributed by atoms with Crippen LogP contribution in [0.1, 0.15) is 31.1 Å². The summed E-state index contributed by atoms with van der Waals surface area (Å²) in [6.45, 7) is 0. The topological polar surface area (TPSA) is 114 Å². The number of benzene rings is 3. The third-order valence-corrected chi connectivity index (χ3v) is 4.51. The Bertz CT molecular complexity index is 1190. The summed E-state index contributed by atoms with van der Waals surface area (Å²) in [6, 6.07) is 13.8. The molecule has 0 saturated carbocycles. The minimum absolute atomic E-state index is 0.0375. The van der Waals surface area contributed by atoms with Gasteiger partial charge in [0.25, 0.3) is 11.8 Å². The fourth-order valence-corrected chi connectivity index (χ4v) is 2.97. The summed E-state index contributed by atoms with van der Waals surface area (Å²) < 4.78 is 24.0. The average Bonchev–Trinajstić information content (AvgIpc) is 2.79. The Morgan fingerprint density at radius 3 is 1.88 bits per heavy atom. The zero-order valence-electron chi connectivity index (χ0n) is 17.1. The number of anilines is 2. The summed E-state index contributed by atoms with van der Waals surface area (Å²) in [5.41, 5.74) is 0.328. The van der Waals surface area contributed by atoms with Crippen LogP contribution in [0.2, 0.25) is 0 Å². The number of methoxy groups -OCH3 is 2. The lowest BCUT2D eigenvalue weighted by molar-refractivity contribution is 0.0692. The summed E-state index contributed by atoms with van der Waals surface area (Å²) in [5.74, 6) is -2.66. The molecule has 164 valence electrons. The first-order chi connectivity index (χ1) is 15.3. The molecule has 0 saturated heterocycles. The van der Waals surface area contributed by atoms with Crippen LogP contribution >= 0.6 is 0 Å². The monoisotopic (exact) mass is 438 g/mol. The predicted octanol–water partition coefficient (Wildman–Crippen LogP) is 4.05. The lowest BCUT2D eigenvalue weighted by Gasteiger charge is -2.16. The molecule has 0 heterocycles. The van der Waals surface area contributed by atoms with Gasteiger partial charge in [-0.2, -0.15) is 0 Å². The second-order valence-electron chi connectivity index (χ2n) is 6.52. The van der Waals surface area contributed by atoms with Crippen molar-refractivity contribution in [1.29, 1.82) is 0 Å². The predicted molar refractivity (Wildman–Crippen MR) is 115 cm³/mol. The minimum atomic E-state index is -1.24. The van der Waals surface area contributed by atoms with E-state index in [4.69, 9.17) is 9.47 Å². The number of nitrogens with one attached hydrogen (secondary N) is 2. The van der Waals surface area contributed by atoms with E-state index in [-0.39, 0.29) is 39.6 Å². The smallest absolute Gasteiger partial charge is 0.336 e. The van der Waals surface area contributed by atoms with E-state index < -0.39 is 23.6 Å². The number of aromatic carboxylic acids is 1. The van der Waals surface area contributed by atoms with Crippen LogP contribution in [0.25, 0.3) is 0 Å².